The van der Waals surface area contributed by atoms with Gasteiger partial charge in [-0.05, 0) is 66.5 Å². The number of hydrogen-bond donors (Lipinski definition) is 1. The number of aryl methyl sites for hydroxylation is 1. The number of imidazole rings is 1. The van der Waals surface area contributed by atoms with E-state index in [1.807, 2.05) is 19.3 Å². The Balaban J connectivity index is 1.90. The number of benzene rings is 1. The Kier molecular flexibility index (Phi) is 4.15. The Hall–Kier alpha value is -1.17. The van der Waals surface area contributed by atoms with Crippen LogP contribution in [0.3, 0.4) is 0 Å². The van der Waals surface area contributed by atoms with Gasteiger partial charge < -0.3 is 10.3 Å². The van der Waals surface area contributed by atoms with Gasteiger partial charge in [0.25, 0.3) is 0 Å². The van der Waals surface area contributed by atoms with E-state index in [4.69, 9.17) is 5.73 Å². The van der Waals surface area contributed by atoms with Crippen molar-refractivity contribution in [1.82, 2.24) is 14.5 Å². The molecule has 0 radical (unpaired) electrons. The van der Waals surface area contributed by atoms with Crippen LogP contribution >= 0.6 is 15.9 Å². The molecule has 2 heterocycles. The van der Waals surface area contributed by atoms with Crippen LogP contribution < -0.4 is 5.73 Å². The molecule has 1 aliphatic rings. The van der Waals surface area contributed by atoms with Crippen LogP contribution in [0.15, 0.2) is 35.1 Å². The second-order valence-electron chi connectivity index (χ2n) is 5.85. The zero-order chi connectivity index (χ0) is 15.0. The molecule has 0 bridgehead atoms. The maximum atomic E-state index is 5.82. The first-order valence-electron chi connectivity index (χ1n) is 7.30. The zero-order valence-corrected chi connectivity index (χ0v) is 14.0. The summed E-state index contributed by atoms with van der Waals surface area (Å²) in [6, 6.07) is 7.08. The van der Waals surface area contributed by atoms with Crippen LogP contribution in [-0.2, 0) is 0 Å². The van der Waals surface area contributed by atoms with Gasteiger partial charge in [-0.25, -0.2) is 4.98 Å². The van der Waals surface area contributed by atoms with Crippen LogP contribution in [0.5, 0.6) is 0 Å². The lowest BCUT2D eigenvalue weighted by Gasteiger charge is -2.20. The lowest BCUT2D eigenvalue weighted by atomic mass is 10.00. The van der Waals surface area contributed by atoms with Crippen LogP contribution in [0.2, 0.25) is 0 Å². The van der Waals surface area contributed by atoms with E-state index in [1.165, 1.54) is 5.56 Å². The zero-order valence-electron chi connectivity index (χ0n) is 12.5. The molecule has 2 atom stereocenters. The molecule has 2 unspecified atom stereocenters. The lowest BCUT2D eigenvalue weighted by molar-refractivity contribution is 0.313. The van der Waals surface area contributed by atoms with Gasteiger partial charge in [-0.3, -0.25) is 4.90 Å². The largest absolute Gasteiger partial charge is 0.330 e. The minimum atomic E-state index is 0.466. The Labute approximate surface area is 134 Å². The minimum absolute atomic E-state index is 0.466. The fourth-order valence-corrected chi connectivity index (χ4v) is 3.81. The van der Waals surface area contributed by atoms with Crippen LogP contribution in [0.1, 0.15) is 23.9 Å². The predicted octanol–water partition coefficient (Wildman–Crippen LogP) is 2.89. The molecule has 3 rings (SSSR count). The molecular weight excluding hydrogens is 328 g/mol. The number of halogens is 1. The van der Waals surface area contributed by atoms with Crippen molar-refractivity contribution in [2.24, 2.45) is 11.7 Å². The fourth-order valence-electron chi connectivity index (χ4n) is 3.22. The summed E-state index contributed by atoms with van der Waals surface area (Å²) in [6.07, 6.45) is 4.95. The van der Waals surface area contributed by atoms with E-state index in [9.17, 15) is 0 Å². The Bertz CT molecular complexity index is 637. The number of hydrogen-bond acceptors (Lipinski definition) is 3. The molecule has 2 N–H and O–H groups in total. The molecule has 4 nitrogen and oxygen atoms in total. The molecule has 112 valence electrons. The van der Waals surface area contributed by atoms with Crippen molar-refractivity contribution in [3.63, 3.8) is 0 Å². The fraction of sp³-hybridized carbons (Fsp3) is 0.438. The van der Waals surface area contributed by atoms with Crippen molar-refractivity contribution < 1.29 is 0 Å². The monoisotopic (exact) mass is 348 g/mol. The smallest absolute Gasteiger partial charge is 0.110 e. The highest BCUT2D eigenvalue weighted by Crippen LogP contribution is 2.36. The molecule has 1 fully saturated rings. The molecule has 1 saturated heterocycles. The molecule has 0 saturated carbocycles. The molecule has 0 amide bonds. The van der Waals surface area contributed by atoms with Crippen molar-refractivity contribution >= 4 is 15.9 Å². The van der Waals surface area contributed by atoms with Gasteiger partial charge in [0.1, 0.15) is 5.82 Å². The summed E-state index contributed by atoms with van der Waals surface area (Å²) in [4.78, 5) is 6.69. The van der Waals surface area contributed by atoms with Crippen LogP contribution in [0.4, 0.5) is 0 Å². The highest BCUT2D eigenvalue weighted by molar-refractivity contribution is 9.10. The maximum Gasteiger partial charge on any atom is 0.110 e. The van der Waals surface area contributed by atoms with Gasteiger partial charge in [0.15, 0.2) is 0 Å². The minimum Gasteiger partial charge on any atom is -0.330 e. The van der Waals surface area contributed by atoms with Crippen molar-refractivity contribution in [2.75, 3.05) is 20.1 Å². The topological polar surface area (TPSA) is 47.1 Å². The van der Waals surface area contributed by atoms with Crippen LogP contribution in [0.25, 0.3) is 5.69 Å². The second-order valence-corrected chi connectivity index (χ2v) is 6.70. The number of nitrogens with zero attached hydrogens (tertiary/aromatic N) is 3. The van der Waals surface area contributed by atoms with E-state index < -0.39 is 0 Å². The first-order chi connectivity index (χ1) is 10.1. The molecule has 0 aliphatic carbocycles. The van der Waals surface area contributed by atoms with Gasteiger partial charge in [0.05, 0.1) is 5.69 Å². The highest BCUT2D eigenvalue weighted by Gasteiger charge is 2.29. The molecular formula is C16H21BrN4. The molecule has 2 aromatic rings. The normalized spacial score (nSPS) is 22.9. The summed E-state index contributed by atoms with van der Waals surface area (Å²) in [5.41, 5.74) is 8.30. The average Bonchev–Trinajstić information content (AvgIpc) is 3.05. The molecule has 21 heavy (non-hydrogen) atoms. The third-order valence-electron chi connectivity index (χ3n) is 4.41. The highest BCUT2D eigenvalue weighted by atomic mass is 79.9. The quantitative estimate of drug-likeness (QED) is 0.927. The molecule has 1 aromatic carbocycles. The van der Waals surface area contributed by atoms with Crippen molar-refractivity contribution in [3.8, 4) is 5.69 Å². The van der Waals surface area contributed by atoms with Gasteiger partial charge in [-0.1, -0.05) is 6.07 Å². The van der Waals surface area contributed by atoms with E-state index >= 15 is 0 Å². The van der Waals surface area contributed by atoms with Gasteiger partial charge in [-0.2, -0.15) is 0 Å². The van der Waals surface area contributed by atoms with E-state index in [1.54, 1.807) is 0 Å². The van der Waals surface area contributed by atoms with Gasteiger partial charge >= 0.3 is 0 Å². The molecule has 0 spiro atoms. The van der Waals surface area contributed by atoms with Crippen molar-refractivity contribution in [3.05, 3.63) is 46.5 Å². The Morgan fingerprint density at radius 3 is 2.81 bits per heavy atom. The van der Waals surface area contributed by atoms with Crippen LogP contribution in [-0.4, -0.2) is 34.6 Å². The maximum absolute atomic E-state index is 5.82. The number of rotatable bonds is 3. The lowest BCUT2D eigenvalue weighted by Crippen LogP contribution is -2.20. The summed E-state index contributed by atoms with van der Waals surface area (Å²) in [5, 5.41) is 0. The molecule has 1 aromatic heterocycles. The summed E-state index contributed by atoms with van der Waals surface area (Å²) in [6.45, 7) is 3.87. The van der Waals surface area contributed by atoms with E-state index in [0.29, 0.717) is 12.0 Å². The van der Waals surface area contributed by atoms with E-state index in [2.05, 4.69) is 55.6 Å². The SMILES string of the molecule is Cc1nccn1-c1ccc(C2CC(CN)CN2C)cc1Br. The summed E-state index contributed by atoms with van der Waals surface area (Å²) in [5.74, 6) is 1.60. The summed E-state index contributed by atoms with van der Waals surface area (Å²) < 4.78 is 3.19. The average molecular weight is 349 g/mol. The van der Waals surface area contributed by atoms with Gasteiger partial charge in [0, 0.05) is 29.5 Å². The third kappa shape index (κ3) is 2.78. The number of likely N-dealkylation sites (tertiary alicyclic amines) is 1. The third-order valence-corrected chi connectivity index (χ3v) is 5.05. The summed E-state index contributed by atoms with van der Waals surface area (Å²) >= 11 is 3.71. The first-order valence-corrected chi connectivity index (χ1v) is 8.09. The summed E-state index contributed by atoms with van der Waals surface area (Å²) in [7, 11) is 2.18. The van der Waals surface area contributed by atoms with E-state index in [-0.39, 0.29) is 0 Å². The number of nitrogens with two attached hydrogens (primary N) is 1. The van der Waals surface area contributed by atoms with E-state index in [0.717, 1.165) is 35.5 Å². The Morgan fingerprint density at radius 2 is 2.24 bits per heavy atom. The Morgan fingerprint density at radius 1 is 1.43 bits per heavy atom. The van der Waals surface area contributed by atoms with Gasteiger partial charge in [0.2, 0.25) is 0 Å². The van der Waals surface area contributed by atoms with Crippen molar-refractivity contribution in [1.29, 1.82) is 0 Å². The first kappa shape index (κ1) is 14.8. The number of aromatic nitrogens is 2. The van der Waals surface area contributed by atoms with Crippen LogP contribution in [0, 0.1) is 12.8 Å². The predicted molar refractivity (Wildman–Crippen MR) is 88.5 cm³/mol. The van der Waals surface area contributed by atoms with Crippen molar-refractivity contribution in [2.45, 2.75) is 19.4 Å². The van der Waals surface area contributed by atoms with Gasteiger partial charge in [-0.15, -0.1) is 0 Å². The molecule has 1 aliphatic heterocycles. The molecule has 5 heteroatoms. The second kappa shape index (κ2) is 5.91. The standard InChI is InChI=1S/C16H21BrN4/c1-11-19-5-6-21(11)15-4-3-13(8-14(15)17)16-7-12(9-18)10-20(16)2/h3-6,8,12,16H,7,9-10,18H2,1-2H3.